The third-order valence-electron chi connectivity index (χ3n) is 2.22. The third kappa shape index (κ3) is 2.87. The van der Waals surface area contributed by atoms with Crippen LogP contribution in [-0.2, 0) is 0 Å². The molecule has 0 saturated carbocycles. The van der Waals surface area contributed by atoms with Crippen LogP contribution in [0.25, 0.3) is 0 Å². The highest BCUT2D eigenvalue weighted by Crippen LogP contribution is 2.25. The second kappa shape index (κ2) is 5.18. The number of hydrogen-bond donors (Lipinski definition) is 1. The van der Waals surface area contributed by atoms with E-state index in [9.17, 15) is 9.18 Å². The van der Waals surface area contributed by atoms with E-state index in [4.69, 9.17) is 9.84 Å². The lowest BCUT2D eigenvalue weighted by Gasteiger charge is -2.07. The Bertz CT molecular complexity index is 581. The zero-order valence-corrected chi connectivity index (χ0v) is 10.6. The summed E-state index contributed by atoms with van der Waals surface area (Å²) in [6.45, 7) is 0. The maximum atomic E-state index is 13.2. The van der Waals surface area contributed by atoms with Crippen LogP contribution in [0, 0.1) is 5.82 Å². The van der Waals surface area contributed by atoms with E-state index in [1.807, 2.05) is 0 Å². The lowest BCUT2D eigenvalue weighted by molar-refractivity contribution is 0.0691. The Morgan fingerprint density at radius 1 is 1.11 bits per heavy atom. The number of benzene rings is 2. The molecule has 0 saturated heterocycles. The summed E-state index contributed by atoms with van der Waals surface area (Å²) in [4.78, 5) is 10.8. The molecule has 0 unspecified atom stereocenters. The molecule has 2 aromatic rings. The van der Waals surface area contributed by atoms with E-state index in [0.29, 0.717) is 5.75 Å². The highest BCUT2D eigenvalue weighted by Gasteiger charge is 2.11. The Labute approximate surface area is 111 Å². The summed E-state index contributed by atoms with van der Waals surface area (Å²) < 4.78 is 19.5. The van der Waals surface area contributed by atoms with Gasteiger partial charge in [-0.2, -0.15) is 0 Å². The van der Waals surface area contributed by atoms with Gasteiger partial charge in [-0.15, -0.1) is 0 Å². The van der Waals surface area contributed by atoms with Crippen molar-refractivity contribution < 1.29 is 19.0 Å². The van der Waals surface area contributed by atoms with E-state index < -0.39 is 17.3 Å². The Kier molecular flexibility index (Phi) is 3.62. The molecule has 3 nitrogen and oxygen atoms in total. The number of ether oxygens (including phenoxy) is 1. The van der Waals surface area contributed by atoms with Crippen molar-refractivity contribution in [2.75, 3.05) is 0 Å². The van der Waals surface area contributed by atoms with E-state index in [1.165, 1.54) is 6.07 Å². The molecule has 0 aromatic heterocycles. The first-order valence-electron chi connectivity index (χ1n) is 5.02. The molecular formula is C13H8BrFO3. The monoisotopic (exact) mass is 310 g/mol. The molecule has 0 heterocycles. The highest BCUT2D eigenvalue weighted by atomic mass is 79.9. The molecule has 0 aliphatic heterocycles. The first-order chi connectivity index (χ1) is 8.56. The van der Waals surface area contributed by atoms with Gasteiger partial charge in [-0.1, -0.05) is 15.9 Å². The SMILES string of the molecule is O=C(O)c1cc(Oc2ccc(Br)cc2)ccc1F. The average molecular weight is 311 g/mol. The van der Waals surface area contributed by atoms with Gasteiger partial charge in [-0.25, -0.2) is 9.18 Å². The van der Waals surface area contributed by atoms with Crippen molar-refractivity contribution in [2.45, 2.75) is 0 Å². The van der Waals surface area contributed by atoms with Crippen LogP contribution < -0.4 is 4.74 Å². The summed E-state index contributed by atoms with van der Waals surface area (Å²) in [6, 6.07) is 10.6. The van der Waals surface area contributed by atoms with Crippen molar-refractivity contribution in [3.05, 3.63) is 58.3 Å². The summed E-state index contributed by atoms with van der Waals surface area (Å²) >= 11 is 3.29. The Balaban J connectivity index is 2.27. The number of carbonyl (C=O) groups is 1. The first-order valence-corrected chi connectivity index (χ1v) is 5.82. The fraction of sp³-hybridized carbons (Fsp3) is 0. The fourth-order valence-corrected chi connectivity index (χ4v) is 1.63. The Morgan fingerprint density at radius 3 is 2.33 bits per heavy atom. The van der Waals surface area contributed by atoms with Crippen LogP contribution in [0.3, 0.4) is 0 Å². The predicted molar refractivity (Wildman–Crippen MR) is 67.6 cm³/mol. The molecule has 0 aliphatic carbocycles. The molecule has 5 heteroatoms. The molecule has 1 N–H and O–H groups in total. The highest BCUT2D eigenvalue weighted by molar-refractivity contribution is 9.10. The van der Waals surface area contributed by atoms with Crippen LogP contribution in [0.15, 0.2) is 46.9 Å². The minimum atomic E-state index is -1.33. The van der Waals surface area contributed by atoms with Gasteiger partial charge < -0.3 is 9.84 Å². The second-order valence-corrected chi connectivity index (χ2v) is 4.42. The molecule has 0 spiro atoms. The molecular weight excluding hydrogens is 303 g/mol. The van der Waals surface area contributed by atoms with Gasteiger partial charge in [0, 0.05) is 4.47 Å². The molecule has 0 fully saturated rings. The van der Waals surface area contributed by atoms with Crippen molar-refractivity contribution in [3.63, 3.8) is 0 Å². The minimum absolute atomic E-state index is 0.274. The number of halogens is 2. The molecule has 0 bridgehead atoms. The van der Waals surface area contributed by atoms with Gasteiger partial charge in [-0.3, -0.25) is 0 Å². The number of carboxylic acids is 1. The summed E-state index contributed by atoms with van der Waals surface area (Å²) in [5, 5.41) is 8.79. The Morgan fingerprint density at radius 2 is 1.72 bits per heavy atom. The Hall–Kier alpha value is -1.88. The normalized spacial score (nSPS) is 10.1. The fourth-order valence-electron chi connectivity index (χ4n) is 1.37. The molecule has 92 valence electrons. The zero-order chi connectivity index (χ0) is 13.1. The van der Waals surface area contributed by atoms with Crippen LogP contribution in [0.2, 0.25) is 0 Å². The summed E-state index contributed by atoms with van der Waals surface area (Å²) in [5.74, 6) is -1.29. The minimum Gasteiger partial charge on any atom is -0.478 e. The molecule has 2 rings (SSSR count). The van der Waals surface area contributed by atoms with Crippen LogP contribution in [-0.4, -0.2) is 11.1 Å². The van der Waals surface area contributed by atoms with Gasteiger partial charge in [0.25, 0.3) is 0 Å². The average Bonchev–Trinajstić information content (AvgIpc) is 2.34. The molecule has 0 atom stereocenters. The van der Waals surface area contributed by atoms with E-state index >= 15 is 0 Å². The maximum Gasteiger partial charge on any atom is 0.338 e. The third-order valence-corrected chi connectivity index (χ3v) is 2.75. The summed E-state index contributed by atoms with van der Waals surface area (Å²) in [5.41, 5.74) is -0.412. The molecule has 0 amide bonds. The number of carboxylic acid groups (broad SMARTS) is 1. The van der Waals surface area contributed by atoms with Crippen molar-refractivity contribution in [1.82, 2.24) is 0 Å². The smallest absolute Gasteiger partial charge is 0.338 e. The summed E-state index contributed by atoms with van der Waals surface area (Å²) in [7, 11) is 0. The number of hydrogen-bond acceptors (Lipinski definition) is 2. The summed E-state index contributed by atoms with van der Waals surface area (Å²) in [6.07, 6.45) is 0. The predicted octanol–water partition coefficient (Wildman–Crippen LogP) is 4.08. The number of rotatable bonds is 3. The van der Waals surface area contributed by atoms with Crippen molar-refractivity contribution in [1.29, 1.82) is 0 Å². The van der Waals surface area contributed by atoms with Gasteiger partial charge >= 0.3 is 5.97 Å². The van der Waals surface area contributed by atoms with E-state index in [-0.39, 0.29) is 5.75 Å². The van der Waals surface area contributed by atoms with Gasteiger partial charge in [-0.05, 0) is 42.5 Å². The molecule has 18 heavy (non-hydrogen) atoms. The van der Waals surface area contributed by atoms with E-state index in [1.54, 1.807) is 24.3 Å². The van der Waals surface area contributed by atoms with Crippen molar-refractivity contribution in [3.8, 4) is 11.5 Å². The second-order valence-electron chi connectivity index (χ2n) is 3.50. The van der Waals surface area contributed by atoms with Gasteiger partial charge in [0.15, 0.2) is 0 Å². The van der Waals surface area contributed by atoms with Gasteiger partial charge in [0.2, 0.25) is 0 Å². The maximum absolute atomic E-state index is 13.2. The van der Waals surface area contributed by atoms with E-state index in [0.717, 1.165) is 16.6 Å². The first kappa shape index (κ1) is 12.6. The largest absolute Gasteiger partial charge is 0.478 e. The van der Waals surface area contributed by atoms with Crippen molar-refractivity contribution in [2.24, 2.45) is 0 Å². The number of aromatic carboxylic acids is 1. The van der Waals surface area contributed by atoms with Gasteiger partial charge in [0.05, 0.1) is 5.56 Å². The van der Waals surface area contributed by atoms with Crippen molar-refractivity contribution >= 4 is 21.9 Å². The van der Waals surface area contributed by atoms with Crippen LogP contribution >= 0.6 is 15.9 Å². The molecule has 2 aromatic carbocycles. The molecule has 0 radical (unpaired) electrons. The van der Waals surface area contributed by atoms with Crippen LogP contribution in [0.5, 0.6) is 11.5 Å². The standard InChI is InChI=1S/C13H8BrFO3/c14-8-1-3-9(4-2-8)18-10-5-6-12(15)11(7-10)13(16)17/h1-7H,(H,16,17). The zero-order valence-electron chi connectivity index (χ0n) is 9.06. The van der Waals surface area contributed by atoms with Crippen LogP contribution in [0.1, 0.15) is 10.4 Å². The lowest BCUT2D eigenvalue weighted by atomic mass is 10.2. The molecule has 0 aliphatic rings. The van der Waals surface area contributed by atoms with E-state index in [2.05, 4.69) is 15.9 Å². The lowest BCUT2D eigenvalue weighted by Crippen LogP contribution is -2.00. The van der Waals surface area contributed by atoms with Crippen LogP contribution in [0.4, 0.5) is 4.39 Å². The topological polar surface area (TPSA) is 46.5 Å². The van der Waals surface area contributed by atoms with Gasteiger partial charge in [0.1, 0.15) is 17.3 Å². The quantitative estimate of drug-likeness (QED) is 0.929.